The number of imidazole rings is 1. The van der Waals surface area contributed by atoms with Gasteiger partial charge < -0.3 is 9.72 Å². The van der Waals surface area contributed by atoms with E-state index in [9.17, 15) is 4.39 Å². The van der Waals surface area contributed by atoms with Gasteiger partial charge in [0, 0.05) is 12.6 Å². The van der Waals surface area contributed by atoms with E-state index in [1.54, 1.807) is 12.3 Å². The number of pyridine rings is 1. The van der Waals surface area contributed by atoms with E-state index in [2.05, 4.69) is 10.3 Å². The van der Waals surface area contributed by atoms with E-state index in [4.69, 9.17) is 0 Å². The maximum absolute atomic E-state index is 13.1. The van der Waals surface area contributed by atoms with Gasteiger partial charge in [-0.1, -0.05) is 0 Å². The molecule has 2 aromatic rings. The fraction of sp³-hybridized carbons (Fsp3) is 0.417. The minimum atomic E-state index is -0.212. The summed E-state index contributed by atoms with van der Waals surface area (Å²) in [7, 11) is 0. The second-order valence-electron chi connectivity index (χ2n) is 4.38. The van der Waals surface area contributed by atoms with Crippen LogP contribution in [-0.2, 0) is 6.42 Å². The van der Waals surface area contributed by atoms with Crippen molar-refractivity contribution in [2.75, 3.05) is 13.1 Å². The van der Waals surface area contributed by atoms with E-state index < -0.39 is 0 Å². The van der Waals surface area contributed by atoms with E-state index in [0.29, 0.717) is 5.92 Å². The van der Waals surface area contributed by atoms with Crippen LogP contribution in [0.2, 0.25) is 0 Å². The molecule has 1 N–H and O–H groups in total. The largest absolute Gasteiger partial charge is 0.316 e. The molecule has 1 aliphatic heterocycles. The van der Waals surface area contributed by atoms with E-state index in [1.165, 1.54) is 18.7 Å². The molecule has 0 aromatic carbocycles. The molecule has 0 amide bonds. The Labute approximate surface area is 93.3 Å². The molecule has 1 saturated heterocycles. The third-order valence-electron chi connectivity index (χ3n) is 3.20. The summed E-state index contributed by atoms with van der Waals surface area (Å²) in [6.45, 7) is 2.13. The van der Waals surface area contributed by atoms with Crippen LogP contribution in [-0.4, -0.2) is 22.5 Å². The number of nitrogens with zero attached hydrogens (tertiary/aromatic N) is 2. The molecule has 3 rings (SSSR count). The van der Waals surface area contributed by atoms with Crippen LogP contribution in [0.25, 0.3) is 5.52 Å². The second kappa shape index (κ2) is 3.87. The summed E-state index contributed by atoms with van der Waals surface area (Å²) in [4.78, 5) is 4.37. The smallest absolute Gasteiger partial charge is 0.139 e. The van der Waals surface area contributed by atoms with Gasteiger partial charge in [0.05, 0.1) is 11.7 Å². The zero-order valence-corrected chi connectivity index (χ0v) is 8.99. The standard InChI is InChI=1S/C12H14FN3/c13-10-1-2-11-7-15-12(16(11)8-10)5-9-3-4-14-6-9/h1-2,7-9,14H,3-6H2. The van der Waals surface area contributed by atoms with Gasteiger partial charge in [-0.3, -0.25) is 0 Å². The van der Waals surface area contributed by atoms with E-state index in [1.807, 2.05) is 4.40 Å². The predicted molar refractivity (Wildman–Crippen MR) is 59.8 cm³/mol. The van der Waals surface area contributed by atoms with Crippen LogP contribution in [0.1, 0.15) is 12.2 Å². The summed E-state index contributed by atoms with van der Waals surface area (Å²) >= 11 is 0. The summed E-state index contributed by atoms with van der Waals surface area (Å²) < 4.78 is 15.0. The zero-order chi connectivity index (χ0) is 11.0. The lowest BCUT2D eigenvalue weighted by atomic mass is 10.1. The van der Waals surface area contributed by atoms with Crippen molar-refractivity contribution in [3.05, 3.63) is 36.2 Å². The minimum absolute atomic E-state index is 0.212. The Morgan fingerprint density at radius 2 is 2.44 bits per heavy atom. The number of hydrogen-bond donors (Lipinski definition) is 1. The molecule has 0 radical (unpaired) electrons. The van der Waals surface area contributed by atoms with Gasteiger partial charge >= 0.3 is 0 Å². The van der Waals surface area contributed by atoms with Crippen molar-refractivity contribution >= 4 is 5.52 Å². The van der Waals surface area contributed by atoms with Crippen LogP contribution in [0.4, 0.5) is 4.39 Å². The number of hydrogen-bond acceptors (Lipinski definition) is 2. The van der Waals surface area contributed by atoms with Crippen molar-refractivity contribution < 1.29 is 4.39 Å². The van der Waals surface area contributed by atoms with E-state index in [-0.39, 0.29) is 5.82 Å². The third kappa shape index (κ3) is 1.69. The maximum Gasteiger partial charge on any atom is 0.139 e. The number of fused-ring (bicyclic) bond motifs is 1. The first-order valence-electron chi connectivity index (χ1n) is 5.65. The Morgan fingerprint density at radius 1 is 1.50 bits per heavy atom. The quantitative estimate of drug-likeness (QED) is 0.831. The first-order valence-corrected chi connectivity index (χ1v) is 5.65. The second-order valence-corrected chi connectivity index (χ2v) is 4.38. The van der Waals surface area contributed by atoms with Crippen LogP contribution < -0.4 is 5.32 Å². The summed E-state index contributed by atoms with van der Waals surface area (Å²) in [5, 5.41) is 3.33. The van der Waals surface area contributed by atoms with Gasteiger partial charge in [-0.25, -0.2) is 9.37 Å². The fourth-order valence-electron chi connectivity index (χ4n) is 2.32. The molecule has 0 bridgehead atoms. The van der Waals surface area contributed by atoms with Crippen LogP contribution >= 0.6 is 0 Å². The number of aromatic nitrogens is 2. The number of rotatable bonds is 2. The molecular weight excluding hydrogens is 205 g/mol. The highest BCUT2D eigenvalue weighted by atomic mass is 19.1. The average Bonchev–Trinajstić information content (AvgIpc) is 2.90. The molecule has 84 valence electrons. The van der Waals surface area contributed by atoms with Gasteiger partial charge in [-0.2, -0.15) is 0 Å². The minimum Gasteiger partial charge on any atom is -0.316 e. The van der Waals surface area contributed by atoms with Gasteiger partial charge in [0.2, 0.25) is 0 Å². The molecule has 1 aliphatic rings. The lowest BCUT2D eigenvalue weighted by molar-refractivity contribution is 0.556. The molecule has 0 saturated carbocycles. The highest BCUT2D eigenvalue weighted by molar-refractivity contribution is 5.45. The number of halogens is 1. The average molecular weight is 219 g/mol. The normalized spacial score (nSPS) is 20.7. The fourth-order valence-corrected chi connectivity index (χ4v) is 2.32. The molecule has 2 aromatic heterocycles. The molecule has 0 aliphatic carbocycles. The molecule has 1 unspecified atom stereocenters. The van der Waals surface area contributed by atoms with Gasteiger partial charge in [0.1, 0.15) is 11.6 Å². The lowest BCUT2D eigenvalue weighted by Gasteiger charge is -2.07. The Balaban J connectivity index is 1.93. The van der Waals surface area contributed by atoms with Crippen molar-refractivity contribution in [1.29, 1.82) is 0 Å². The van der Waals surface area contributed by atoms with Crippen LogP contribution in [0.5, 0.6) is 0 Å². The maximum atomic E-state index is 13.1. The van der Waals surface area contributed by atoms with Crippen molar-refractivity contribution in [2.24, 2.45) is 5.92 Å². The molecule has 3 nitrogen and oxygen atoms in total. The first-order chi connectivity index (χ1) is 7.83. The number of nitrogens with one attached hydrogen (secondary N) is 1. The van der Waals surface area contributed by atoms with Crippen molar-refractivity contribution in [3.63, 3.8) is 0 Å². The van der Waals surface area contributed by atoms with Gasteiger partial charge in [-0.15, -0.1) is 0 Å². The van der Waals surface area contributed by atoms with Gasteiger partial charge in [0.15, 0.2) is 0 Å². The summed E-state index contributed by atoms with van der Waals surface area (Å²) in [5.74, 6) is 1.38. The molecular formula is C12H14FN3. The highest BCUT2D eigenvalue weighted by Gasteiger charge is 2.17. The first kappa shape index (κ1) is 9.78. The molecule has 16 heavy (non-hydrogen) atoms. The lowest BCUT2D eigenvalue weighted by Crippen LogP contribution is -2.12. The van der Waals surface area contributed by atoms with Crippen LogP contribution in [0.15, 0.2) is 24.5 Å². The Bertz CT molecular complexity index is 500. The monoisotopic (exact) mass is 219 g/mol. The molecule has 0 spiro atoms. The Morgan fingerprint density at radius 3 is 3.25 bits per heavy atom. The van der Waals surface area contributed by atoms with E-state index in [0.717, 1.165) is 30.9 Å². The molecule has 3 heterocycles. The van der Waals surface area contributed by atoms with Crippen LogP contribution in [0.3, 0.4) is 0 Å². The summed E-state index contributed by atoms with van der Waals surface area (Å²) in [6.07, 6.45) is 5.42. The zero-order valence-electron chi connectivity index (χ0n) is 8.99. The molecule has 4 heteroatoms. The Kier molecular flexibility index (Phi) is 2.36. The Hall–Kier alpha value is -1.42. The van der Waals surface area contributed by atoms with Crippen molar-refractivity contribution in [1.82, 2.24) is 14.7 Å². The molecule has 1 fully saturated rings. The van der Waals surface area contributed by atoms with Gasteiger partial charge in [-0.05, 0) is 37.6 Å². The molecule has 1 atom stereocenters. The third-order valence-corrected chi connectivity index (χ3v) is 3.20. The van der Waals surface area contributed by atoms with Crippen molar-refractivity contribution in [2.45, 2.75) is 12.8 Å². The summed E-state index contributed by atoms with van der Waals surface area (Å²) in [5.41, 5.74) is 0.961. The SMILES string of the molecule is Fc1ccc2cnc(CC3CCNC3)n2c1. The highest BCUT2D eigenvalue weighted by Crippen LogP contribution is 2.16. The van der Waals surface area contributed by atoms with Gasteiger partial charge in [0.25, 0.3) is 0 Å². The predicted octanol–water partition coefficient (Wildman–Crippen LogP) is 1.63. The topological polar surface area (TPSA) is 29.3 Å². The van der Waals surface area contributed by atoms with Crippen molar-refractivity contribution in [3.8, 4) is 0 Å². The van der Waals surface area contributed by atoms with Crippen LogP contribution in [0, 0.1) is 11.7 Å². The van der Waals surface area contributed by atoms with E-state index >= 15 is 0 Å². The summed E-state index contributed by atoms with van der Waals surface area (Å²) in [6, 6.07) is 3.23.